The Morgan fingerprint density at radius 3 is 2.72 bits per heavy atom. The van der Waals surface area contributed by atoms with Crippen LogP contribution in [0.5, 0.6) is 0 Å². The molecule has 0 bridgehead atoms. The number of rotatable bonds is 7. The molecule has 1 atom stereocenters. The fraction of sp³-hybridized carbons (Fsp3) is 0.692. The van der Waals surface area contributed by atoms with E-state index in [0.29, 0.717) is 19.0 Å². The minimum atomic E-state index is 0.0108. The highest BCUT2D eigenvalue weighted by Gasteiger charge is 2.11. The summed E-state index contributed by atoms with van der Waals surface area (Å²) in [6.45, 7) is 7.58. The Hall–Kier alpha value is -0.940. The van der Waals surface area contributed by atoms with Gasteiger partial charge in [0, 0.05) is 36.7 Å². The highest BCUT2D eigenvalue weighted by atomic mass is 32.1. The zero-order valence-corrected chi connectivity index (χ0v) is 12.4. The maximum atomic E-state index is 11.7. The topological polar surface area (TPSA) is 54.0 Å². The van der Waals surface area contributed by atoms with Crippen molar-refractivity contribution in [2.75, 3.05) is 20.1 Å². The lowest BCUT2D eigenvalue weighted by Gasteiger charge is -2.10. The Balaban J connectivity index is 2.30. The van der Waals surface area contributed by atoms with Gasteiger partial charge in [-0.15, -0.1) is 11.3 Å². The van der Waals surface area contributed by atoms with Gasteiger partial charge in [-0.2, -0.15) is 0 Å². The highest BCUT2D eigenvalue weighted by Crippen LogP contribution is 2.19. The monoisotopic (exact) mass is 269 g/mol. The van der Waals surface area contributed by atoms with E-state index in [1.807, 2.05) is 14.0 Å². The first-order chi connectivity index (χ1) is 8.54. The lowest BCUT2D eigenvalue weighted by atomic mass is 10.1. The molecule has 1 rings (SSSR count). The average molecular weight is 269 g/mol. The van der Waals surface area contributed by atoms with Crippen LogP contribution < -0.4 is 10.6 Å². The summed E-state index contributed by atoms with van der Waals surface area (Å²) in [4.78, 5) is 16.2. The second kappa shape index (κ2) is 7.48. The van der Waals surface area contributed by atoms with E-state index in [2.05, 4.69) is 34.8 Å². The van der Waals surface area contributed by atoms with Gasteiger partial charge >= 0.3 is 0 Å². The predicted octanol–water partition coefficient (Wildman–Crippen LogP) is 1.78. The van der Waals surface area contributed by atoms with Crippen molar-refractivity contribution in [3.05, 3.63) is 16.1 Å². The molecule has 0 saturated heterocycles. The first-order valence-corrected chi connectivity index (χ1v) is 7.29. The van der Waals surface area contributed by atoms with Crippen LogP contribution in [0.4, 0.5) is 0 Å². The summed E-state index contributed by atoms with van der Waals surface area (Å²) in [6, 6.07) is 0. The van der Waals surface area contributed by atoms with Gasteiger partial charge in [-0.1, -0.05) is 20.8 Å². The smallest absolute Gasteiger partial charge is 0.224 e. The van der Waals surface area contributed by atoms with Gasteiger partial charge < -0.3 is 10.6 Å². The third kappa shape index (κ3) is 4.74. The molecule has 1 amide bonds. The Morgan fingerprint density at radius 1 is 1.44 bits per heavy atom. The summed E-state index contributed by atoms with van der Waals surface area (Å²) in [5.41, 5.74) is 1.07. The Labute approximate surface area is 113 Å². The molecule has 0 aliphatic carbocycles. The number of carbonyl (C=O) groups excluding carboxylic acids is 1. The Kier molecular flexibility index (Phi) is 6.29. The van der Waals surface area contributed by atoms with Crippen molar-refractivity contribution in [3.8, 4) is 0 Å². The predicted molar refractivity (Wildman–Crippen MR) is 76.0 cm³/mol. The van der Waals surface area contributed by atoms with E-state index in [-0.39, 0.29) is 11.8 Å². The molecule has 0 spiro atoms. The quantitative estimate of drug-likeness (QED) is 0.793. The number of aromatic nitrogens is 1. The molecule has 0 aliphatic rings. The molecule has 0 radical (unpaired) electrons. The number of hydrogen-bond donors (Lipinski definition) is 2. The van der Waals surface area contributed by atoms with Gasteiger partial charge in [0.2, 0.25) is 5.91 Å². The summed E-state index contributed by atoms with van der Waals surface area (Å²) in [6.07, 6.45) is 0.807. The van der Waals surface area contributed by atoms with Crippen LogP contribution in [0.2, 0.25) is 0 Å². The molecule has 0 saturated carbocycles. The SMILES string of the molecule is CNCC(C)C(=O)NCCc1csc(C(C)C)n1. The van der Waals surface area contributed by atoms with Crippen molar-refractivity contribution in [1.82, 2.24) is 15.6 Å². The zero-order valence-electron chi connectivity index (χ0n) is 11.6. The van der Waals surface area contributed by atoms with Crippen LogP contribution in [0.3, 0.4) is 0 Å². The minimum absolute atomic E-state index is 0.0108. The summed E-state index contributed by atoms with van der Waals surface area (Å²) in [7, 11) is 1.85. The van der Waals surface area contributed by atoms with Crippen LogP contribution in [0, 0.1) is 5.92 Å². The highest BCUT2D eigenvalue weighted by molar-refractivity contribution is 7.09. The van der Waals surface area contributed by atoms with Crippen LogP contribution in [0.15, 0.2) is 5.38 Å². The van der Waals surface area contributed by atoms with Gasteiger partial charge in [0.15, 0.2) is 0 Å². The summed E-state index contributed by atoms with van der Waals surface area (Å²) >= 11 is 1.70. The first kappa shape index (κ1) is 15.1. The molecule has 2 N–H and O–H groups in total. The standard InChI is InChI=1S/C13H23N3OS/c1-9(2)13-16-11(8-18-13)5-6-15-12(17)10(3)7-14-4/h8-10,14H,5-7H2,1-4H3,(H,15,17). The molecular weight excluding hydrogens is 246 g/mol. The maximum absolute atomic E-state index is 11.7. The third-order valence-corrected chi connectivity index (χ3v) is 3.90. The molecule has 1 heterocycles. The molecule has 102 valence electrons. The lowest BCUT2D eigenvalue weighted by molar-refractivity contribution is -0.124. The second-order valence-electron chi connectivity index (χ2n) is 4.83. The zero-order chi connectivity index (χ0) is 13.5. The van der Waals surface area contributed by atoms with Gasteiger partial charge in [-0.05, 0) is 7.05 Å². The number of amides is 1. The van der Waals surface area contributed by atoms with Gasteiger partial charge in [0.1, 0.15) is 0 Å². The summed E-state index contributed by atoms with van der Waals surface area (Å²) in [5, 5.41) is 9.19. The van der Waals surface area contributed by atoms with Crippen molar-refractivity contribution in [2.45, 2.75) is 33.1 Å². The lowest BCUT2D eigenvalue weighted by Crippen LogP contribution is -2.35. The summed E-state index contributed by atoms with van der Waals surface area (Å²) < 4.78 is 0. The number of nitrogens with zero attached hydrogens (tertiary/aromatic N) is 1. The van der Waals surface area contributed by atoms with Gasteiger partial charge in [0.05, 0.1) is 10.7 Å². The van der Waals surface area contributed by atoms with Crippen LogP contribution in [-0.2, 0) is 11.2 Å². The first-order valence-electron chi connectivity index (χ1n) is 6.41. The Morgan fingerprint density at radius 2 is 2.17 bits per heavy atom. The minimum Gasteiger partial charge on any atom is -0.355 e. The van der Waals surface area contributed by atoms with Crippen LogP contribution in [0.25, 0.3) is 0 Å². The van der Waals surface area contributed by atoms with Crippen molar-refractivity contribution in [1.29, 1.82) is 0 Å². The van der Waals surface area contributed by atoms with Gasteiger partial charge in [-0.3, -0.25) is 4.79 Å². The molecule has 18 heavy (non-hydrogen) atoms. The maximum Gasteiger partial charge on any atom is 0.224 e. The van der Waals surface area contributed by atoms with Crippen molar-refractivity contribution < 1.29 is 4.79 Å². The van der Waals surface area contributed by atoms with Crippen LogP contribution in [0.1, 0.15) is 37.4 Å². The van der Waals surface area contributed by atoms with E-state index in [1.165, 1.54) is 5.01 Å². The van der Waals surface area contributed by atoms with Crippen molar-refractivity contribution in [2.24, 2.45) is 5.92 Å². The van der Waals surface area contributed by atoms with Crippen LogP contribution in [-0.4, -0.2) is 31.0 Å². The van der Waals surface area contributed by atoms with E-state index < -0.39 is 0 Å². The fourth-order valence-corrected chi connectivity index (χ4v) is 2.46. The molecule has 0 aromatic carbocycles. The third-order valence-electron chi connectivity index (χ3n) is 2.70. The van der Waals surface area contributed by atoms with E-state index in [0.717, 1.165) is 12.1 Å². The molecular formula is C13H23N3OS. The molecule has 1 aromatic rings. The molecule has 1 unspecified atom stereocenters. The molecule has 0 aliphatic heterocycles. The number of thiazole rings is 1. The van der Waals surface area contributed by atoms with Crippen molar-refractivity contribution in [3.63, 3.8) is 0 Å². The van der Waals surface area contributed by atoms with Crippen LogP contribution >= 0.6 is 11.3 Å². The van der Waals surface area contributed by atoms with E-state index in [1.54, 1.807) is 11.3 Å². The Bertz CT molecular complexity index is 376. The van der Waals surface area contributed by atoms with E-state index in [4.69, 9.17) is 0 Å². The average Bonchev–Trinajstić information content (AvgIpc) is 2.78. The molecule has 4 nitrogen and oxygen atoms in total. The fourth-order valence-electron chi connectivity index (χ4n) is 1.59. The van der Waals surface area contributed by atoms with Gasteiger partial charge in [0.25, 0.3) is 0 Å². The van der Waals surface area contributed by atoms with Gasteiger partial charge in [-0.25, -0.2) is 4.98 Å². The normalized spacial score (nSPS) is 12.7. The van der Waals surface area contributed by atoms with E-state index in [9.17, 15) is 4.79 Å². The number of nitrogens with one attached hydrogen (secondary N) is 2. The number of hydrogen-bond acceptors (Lipinski definition) is 4. The van der Waals surface area contributed by atoms with Crippen molar-refractivity contribution >= 4 is 17.2 Å². The van der Waals surface area contributed by atoms with E-state index >= 15 is 0 Å². The molecule has 1 aromatic heterocycles. The molecule has 5 heteroatoms. The largest absolute Gasteiger partial charge is 0.355 e. The molecule has 0 fully saturated rings. The summed E-state index contributed by atoms with van der Waals surface area (Å²) in [5.74, 6) is 0.592. The second-order valence-corrected chi connectivity index (χ2v) is 5.72. The number of carbonyl (C=O) groups is 1.